The molecule has 0 bridgehead atoms. The van der Waals surface area contributed by atoms with Gasteiger partial charge in [-0.15, -0.1) is 0 Å². The van der Waals surface area contributed by atoms with Crippen molar-refractivity contribution < 1.29 is 4.74 Å². The van der Waals surface area contributed by atoms with Crippen LogP contribution in [0.4, 0.5) is 0 Å². The normalized spacial score (nSPS) is 29.1. The van der Waals surface area contributed by atoms with Gasteiger partial charge < -0.3 is 10.1 Å². The zero-order valence-corrected chi connectivity index (χ0v) is 11.5. The molecule has 3 unspecified atom stereocenters. The molecule has 0 aliphatic carbocycles. The van der Waals surface area contributed by atoms with Crippen LogP contribution in [0.1, 0.15) is 31.5 Å². The molecule has 1 aromatic rings. The van der Waals surface area contributed by atoms with E-state index in [1.165, 1.54) is 19.4 Å². The zero-order chi connectivity index (χ0) is 13.1. The van der Waals surface area contributed by atoms with Crippen molar-refractivity contribution in [3.05, 3.63) is 24.3 Å². The van der Waals surface area contributed by atoms with E-state index in [4.69, 9.17) is 4.74 Å². The van der Waals surface area contributed by atoms with Gasteiger partial charge >= 0.3 is 0 Å². The van der Waals surface area contributed by atoms with Gasteiger partial charge in [-0.05, 0) is 25.9 Å². The van der Waals surface area contributed by atoms with Crippen LogP contribution in [0.2, 0.25) is 0 Å². The Bertz CT molecular complexity index is 400. The quantitative estimate of drug-likeness (QED) is 0.877. The van der Waals surface area contributed by atoms with Crippen LogP contribution in [-0.2, 0) is 4.74 Å². The van der Waals surface area contributed by atoms with Gasteiger partial charge in [0, 0.05) is 25.0 Å². The second-order valence-corrected chi connectivity index (χ2v) is 5.33. The van der Waals surface area contributed by atoms with Gasteiger partial charge in [0.25, 0.3) is 0 Å². The lowest BCUT2D eigenvalue weighted by atomic mass is 10.0. The van der Waals surface area contributed by atoms with E-state index in [-0.39, 0.29) is 12.1 Å². The van der Waals surface area contributed by atoms with Crippen molar-refractivity contribution in [3.63, 3.8) is 0 Å². The number of likely N-dealkylation sites (N-methyl/N-ethyl adjacent to an activating group) is 1. The van der Waals surface area contributed by atoms with Crippen molar-refractivity contribution in [2.75, 3.05) is 26.2 Å². The number of hydrogen-bond donors (Lipinski definition) is 1. The van der Waals surface area contributed by atoms with Gasteiger partial charge in [0.2, 0.25) is 0 Å². The third-order valence-corrected chi connectivity index (χ3v) is 4.11. The summed E-state index contributed by atoms with van der Waals surface area (Å²) in [6.07, 6.45) is 8.06. The van der Waals surface area contributed by atoms with E-state index in [0.717, 1.165) is 25.4 Å². The van der Waals surface area contributed by atoms with E-state index in [1.54, 1.807) is 12.4 Å². The molecule has 0 spiro atoms. The summed E-state index contributed by atoms with van der Waals surface area (Å²) in [5.41, 5.74) is 0.979. The molecule has 2 aliphatic heterocycles. The fourth-order valence-corrected chi connectivity index (χ4v) is 3.16. The van der Waals surface area contributed by atoms with E-state index in [9.17, 15) is 0 Å². The Morgan fingerprint density at radius 2 is 2.47 bits per heavy atom. The van der Waals surface area contributed by atoms with E-state index in [0.29, 0.717) is 6.04 Å². The minimum absolute atomic E-state index is 0.139. The van der Waals surface area contributed by atoms with E-state index in [1.807, 2.05) is 6.20 Å². The fraction of sp³-hybridized carbons (Fsp3) is 0.714. The smallest absolute Gasteiger partial charge is 0.0913 e. The molecular weight excluding hydrogens is 240 g/mol. The Balaban J connectivity index is 1.73. The molecule has 3 rings (SSSR count). The average molecular weight is 262 g/mol. The van der Waals surface area contributed by atoms with Crippen LogP contribution in [0.3, 0.4) is 0 Å². The predicted molar refractivity (Wildman–Crippen MR) is 72.8 cm³/mol. The first-order valence-corrected chi connectivity index (χ1v) is 7.23. The Labute approximate surface area is 114 Å². The molecule has 5 heteroatoms. The number of nitrogens with one attached hydrogen (secondary N) is 1. The molecule has 0 saturated carbocycles. The standard InChI is InChI=1S/C14H22N4O/c1-2-16-14(12-8-15-5-6-17-12)13-9-18-7-3-4-11(18)10-19-13/h5-6,8,11,13-14,16H,2-4,7,9-10H2,1H3. The molecule has 2 aliphatic rings. The Morgan fingerprint density at radius 1 is 1.53 bits per heavy atom. The van der Waals surface area contributed by atoms with Gasteiger partial charge in [-0.2, -0.15) is 0 Å². The third-order valence-electron chi connectivity index (χ3n) is 4.11. The molecule has 0 amide bonds. The zero-order valence-electron chi connectivity index (χ0n) is 11.5. The lowest BCUT2D eigenvalue weighted by molar-refractivity contribution is -0.0657. The first kappa shape index (κ1) is 13.0. The second-order valence-electron chi connectivity index (χ2n) is 5.33. The number of morpholine rings is 1. The van der Waals surface area contributed by atoms with Crippen LogP contribution in [0, 0.1) is 0 Å². The van der Waals surface area contributed by atoms with Gasteiger partial charge in [-0.1, -0.05) is 6.92 Å². The van der Waals surface area contributed by atoms with Gasteiger partial charge in [-0.3, -0.25) is 14.9 Å². The molecule has 1 aromatic heterocycles. The highest BCUT2D eigenvalue weighted by atomic mass is 16.5. The summed E-state index contributed by atoms with van der Waals surface area (Å²) in [5, 5.41) is 3.49. The van der Waals surface area contributed by atoms with Crippen LogP contribution >= 0.6 is 0 Å². The van der Waals surface area contributed by atoms with Crippen LogP contribution in [0.15, 0.2) is 18.6 Å². The van der Waals surface area contributed by atoms with Crippen molar-refractivity contribution in [2.45, 2.75) is 38.0 Å². The summed E-state index contributed by atoms with van der Waals surface area (Å²) < 4.78 is 6.09. The van der Waals surface area contributed by atoms with Crippen LogP contribution in [0.5, 0.6) is 0 Å². The van der Waals surface area contributed by atoms with Crippen molar-refractivity contribution >= 4 is 0 Å². The first-order chi connectivity index (χ1) is 9.38. The molecule has 2 fully saturated rings. The van der Waals surface area contributed by atoms with Gasteiger partial charge in [0.1, 0.15) is 0 Å². The lowest BCUT2D eigenvalue weighted by Gasteiger charge is -2.38. The highest BCUT2D eigenvalue weighted by molar-refractivity contribution is 5.06. The summed E-state index contributed by atoms with van der Waals surface area (Å²) in [5.74, 6) is 0. The van der Waals surface area contributed by atoms with Crippen LogP contribution in [0.25, 0.3) is 0 Å². The minimum atomic E-state index is 0.139. The van der Waals surface area contributed by atoms with Gasteiger partial charge in [-0.25, -0.2) is 0 Å². The molecule has 2 saturated heterocycles. The predicted octanol–water partition coefficient (Wildman–Crippen LogP) is 0.990. The number of aromatic nitrogens is 2. The third kappa shape index (κ3) is 2.78. The minimum Gasteiger partial charge on any atom is -0.373 e. The molecule has 3 atom stereocenters. The van der Waals surface area contributed by atoms with Crippen LogP contribution < -0.4 is 5.32 Å². The van der Waals surface area contributed by atoms with E-state index >= 15 is 0 Å². The molecule has 5 nitrogen and oxygen atoms in total. The first-order valence-electron chi connectivity index (χ1n) is 7.23. The fourth-order valence-electron chi connectivity index (χ4n) is 3.16. The maximum atomic E-state index is 6.09. The maximum absolute atomic E-state index is 6.09. The maximum Gasteiger partial charge on any atom is 0.0913 e. The highest BCUT2D eigenvalue weighted by Crippen LogP contribution is 2.27. The molecule has 1 N–H and O–H groups in total. The average Bonchev–Trinajstić information content (AvgIpc) is 2.93. The van der Waals surface area contributed by atoms with E-state index in [2.05, 4.69) is 27.1 Å². The SMILES string of the molecule is CCNC(c1cnccn1)C1CN2CCCC2CO1. The van der Waals surface area contributed by atoms with Crippen molar-refractivity contribution in [1.29, 1.82) is 0 Å². The van der Waals surface area contributed by atoms with Crippen molar-refractivity contribution in [1.82, 2.24) is 20.2 Å². The molecule has 19 heavy (non-hydrogen) atoms. The number of hydrogen-bond acceptors (Lipinski definition) is 5. The molecule has 104 valence electrons. The highest BCUT2D eigenvalue weighted by Gasteiger charge is 2.36. The van der Waals surface area contributed by atoms with Crippen molar-refractivity contribution in [3.8, 4) is 0 Å². The topological polar surface area (TPSA) is 50.3 Å². The Kier molecular flexibility index (Phi) is 4.06. The number of fused-ring (bicyclic) bond motifs is 1. The number of ether oxygens (including phenoxy) is 1. The second kappa shape index (κ2) is 5.94. The Morgan fingerprint density at radius 3 is 3.26 bits per heavy atom. The molecule has 3 heterocycles. The van der Waals surface area contributed by atoms with Crippen molar-refractivity contribution in [2.24, 2.45) is 0 Å². The summed E-state index contributed by atoms with van der Waals surface area (Å²) in [6, 6.07) is 0.778. The number of rotatable bonds is 4. The Hall–Kier alpha value is -1.04. The lowest BCUT2D eigenvalue weighted by Crippen LogP contribution is -2.50. The van der Waals surface area contributed by atoms with E-state index < -0.39 is 0 Å². The summed E-state index contributed by atoms with van der Waals surface area (Å²) >= 11 is 0. The number of nitrogens with zero attached hydrogens (tertiary/aromatic N) is 3. The molecular formula is C14H22N4O. The largest absolute Gasteiger partial charge is 0.373 e. The summed E-state index contributed by atoms with van der Waals surface area (Å²) in [6.45, 7) is 6.09. The molecule has 0 radical (unpaired) electrons. The van der Waals surface area contributed by atoms with Gasteiger partial charge in [0.05, 0.1) is 30.6 Å². The molecule has 0 aromatic carbocycles. The van der Waals surface area contributed by atoms with Crippen LogP contribution in [-0.4, -0.2) is 53.3 Å². The summed E-state index contributed by atoms with van der Waals surface area (Å²) in [7, 11) is 0. The van der Waals surface area contributed by atoms with Gasteiger partial charge in [0.15, 0.2) is 0 Å². The summed E-state index contributed by atoms with van der Waals surface area (Å²) in [4.78, 5) is 11.2. The monoisotopic (exact) mass is 262 g/mol.